The van der Waals surface area contributed by atoms with Crippen molar-refractivity contribution in [1.29, 1.82) is 0 Å². The molecule has 2 fully saturated rings. The highest BCUT2D eigenvalue weighted by molar-refractivity contribution is 5.54. The molecule has 0 aliphatic carbocycles. The third kappa shape index (κ3) is 1.93. The number of aryl methyl sites for hydroxylation is 1. The van der Waals surface area contributed by atoms with Gasteiger partial charge in [-0.1, -0.05) is 18.2 Å². The normalized spacial score (nSPS) is 23.9. The van der Waals surface area contributed by atoms with Crippen molar-refractivity contribution in [3.63, 3.8) is 0 Å². The van der Waals surface area contributed by atoms with Crippen LogP contribution < -0.4 is 4.90 Å². The van der Waals surface area contributed by atoms with Gasteiger partial charge < -0.3 is 14.4 Å². The summed E-state index contributed by atoms with van der Waals surface area (Å²) in [6.45, 7) is 5.77. The molecule has 0 bridgehead atoms. The lowest BCUT2D eigenvalue weighted by atomic mass is 10.1. The predicted molar refractivity (Wildman–Crippen MR) is 62.9 cm³/mol. The van der Waals surface area contributed by atoms with Crippen LogP contribution >= 0.6 is 0 Å². The van der Waals surface area contributed by atoms with Gasteiger partial charge in [0.25, 0.3) is 0 Å². The van der Waals surface area contributed by atoms with Crippen molar-refractivity contribution in [2.45, 2.75) is 19.1 Å². The lowest BCUT2D eigenvalue weighted by Crippen LogP contribution is -2.50. The van der Waals surface area contributed by atoms with Gasteiger partial charge in [0.2, 0.25) is 0 Å². The van der Waals surface area contributed by atoms with E-state index in [0.717, 1.165) is 26.4 Å². The van der Waals surface area contributed by atoms with Crippen molar-refractivity contribution < 1.29 is 9.47 Å². The molecule has 0 radical (unpaired) electrons. The number of rotatable bonds is 4. The van der Waals surface area contributed by atoms with Crippen molar-refractivity contribution >= 4 is 5.69 Å². The molecule has 3 rings (SSSR count). The molecule has 1 aromatic rings. The molecule has 2 aliphatic rings. The fraction of sp³-hybridized carbons (Fsp3) is 0.538. The molecule has 86 valence electrons. The van der Waals surface area contributed by atoms with E-state index in [2.05, 4.69) is 36.1 Å². The van der Waals surface area contributed by atoms with Crippen LogP contribution in [0, 0.1) is 6.92 Å². The number of hydrogen-bond donors (Lipinski definition) is 0. The summed E-state index contributed by atoms with van der Waals surface area (Å²) in [5.74, 6) is 0. The van der Waals surface area contributed by atoms with E-state index in [1.807, 2.05) is 0 Å². The van der Waals surface area contributed by atoms with E-state index < -0.39 is 0 Å². The summed E-state index contributed by atoms with van der Waals surface area (Å²) in [4.78, 5) is 2.44. The molecule has 0 saturated carbocycles. The summed E-state index contributed by atoms with van der Waals surface area (Å²) < 4.78 is 10.6. The average molecular weight is 219 g/mol. The topological polar surface area (TPSA) is 25.0 Å². The van der Waals surface area contributed by atoms with Gasteiger partial charge in [0, 0.05) is 12.2 Å². The Hall–Kier alpha value is -1.06. The zero-order chi connectivity index (χ0) is 11.0. The van der Waals surface area contributed by atoms with Crippen LogP contribution in [0.3, 0.4) is 0 Å². The van der Waals surface area contributed by atoms with E-state index in [1.165, 1.54) is 11.3 Å². The second kappa shape index (κ2) is 4.07. The lowest BCUT2D eigenvalue weighted by molar-refractivity contribution is 0.00760. The molecular formula is C13H17NO2. The van der Waals surface area contributed by atoms with Crippen LogP contribution in [-0.2, 0) is 9.47 Å². The molecule has 1 aromatic carbocycles. The Bertz CT molecular complexity index is 372. The van der Waals surface area contributed by atoms with Crippen LogP contribution in [0.5, 0.6) is 0 Å². The van der Waals surface area contributed by atoms with Gasteiger partial charge >= 0.3 is 0 Å². The van der Waals surface area contributed by atoms with Gasteiger partial charge in [0.15, 0.2) is 0 Å². The van der Waals surface area contributed by atoms with Crippen LogP contribution in [0.15, 0.2) is 24.3 Å². The molecule has 2 aliphatic heterocycles. The average Bonchev–Trinajstić information content (AvgIpc) is 2.99. The molecule has 2 heterocycles. The lowest BCUT2D eigenvalue weighted by Gasteiger charge is -2.39. The Morgan fingerprint density at radius 3 is 2.56 bits per heavy atom. The van der Waals surface area contributed by atoms with Crippen LogP contribution in [0.25, 0.3) is 0 Å². The number of para-hydroxylation sites is 1. The first kappa shape index (κ1) is 10.1. The quantitative estimate of drug-likeness (QED) is 0.719. The summed E-state index contributed by atoms with van der Waals surface area (Å²) in [6.07, 6.45) is 0.431. The Morgan fingerprint density at radius 1 is 1.25 bits per heavy atom. The summed E-state index contributed by atoms with van der Waals surface area (Å²) in [5, 5.41) is 0. The van der Waals surface area contributed by atoms with Crippen LogP contribution in [0.4, 0.5) is 5.69 Å². The van der Waals surface area contributed by atoms with E-state index in [0.29, 0.717) is 12.1 Å². The van der Waals surface area contributed by atoms with E-state index in [9.17, 15) is 0 Å². The molecule has 3 nitrogen and oxygen atoms in total. The molecule has 0 aromatic heterocycles. The highest BCUT2D eigenvalue weighted by Gasteiger charge is 2.33. The third-order valence-electron chi connectivity index (χ3n) is 3.29. The molecule has 0 amide bonds. The fourth-order valence-electron chi connectivity index (χ4n) is 2.13. The first-order valence-corrected chi connectivity index (χ1v) is 5.86. The third-order valence-corrected chi connectivity index (χ3v) is 3.29. The zero-order valence-corrected chi connectivity index (χ0v) is 9.56. The molecule has 1 atom stereocenters. The van der Waals surface area contributed by atoms with Gasteiger partial charge in [0.05, 0.1) is 32.0 Å². The van der Waals surface area contributed by atoms with Gasteiger partial charge in [-0.2, -0.15) is 0 Å². The number of epoxide rings is 1. The summed E-state index contributed by atoms with van der Waals surface area (Å²) in [6, 6.07) is 9.07. The minimum atomic E-state index is 0.431. The molecule has 0 spiro atoms. The molecule has 3 heteroatoms. The smallest absolute Gasteiger partial charge is 0.0984 e. The van der Waals surface area contributed by atoms with E-state index in [1.54, 1.807) is 0 Å². The molecular weight excluding hydrogens is 202 g/mol. The first-order valence-electron chi connectivity index (χ1n) is 5.86. The largest absolute Gasteiger partial charge is 0.377 e. The second-order valence-corrected chi connectivity index (χ2v) is 4.59. The Kier molecular flexibility index (Phi) is 2.58. The number of hydrogen-bond acceptors (Lipinski definition) is 3. The number of nitrogens with zero attached hydrogens (tertiary/aromatic N) is 1. The number of ether oxygens (including phenoxy) is 2. The maximum atomic E-state index is 5.34. The monoisotopic (exact) mass is 219 g/mol. The summed E-state index contributed by atoms with van der Waals surface area (Å²) >= 11 is 0. The van der Waals surface area contributed by atoms with Gasteiger partial charge in [-0.25, -0.2) is 0 Å². The van der Waals surface area contributed by atoms with Crippen LogP contribution in [0.2, 0.25) is 0 Å². The minimum Gasteiger partial charge on any atom is -0.377 e. The molecule has 16 heavy (non-hydrogen) atoms. The Balaban J connectivity index is 1.82. The Labute approximate surface area is 96.0 Å². The number of anilines is 1. The molecule has 1 unspecified atom stereocenters. The van der Waals surface area contributed by atoms with Crippen LogP contribution in [0.1, 0.15) is 5.56 Å². The van der Waals surface area contributed by atoms with E-state index >= 15 is 0 Å². The Morgan fingerprint density at radius 2 is 2.00 bits per heavy atom. The minimum absolute atomic E-state index is 0.431. The molecule has 0 N–H and O–H groups in total. The highest BCUT2D eigenvalue weighted by Crippen LogP contribution is 2.27. The van der Waals surface area contributed by atoms with Crippen molar-refractivity contribution in [3.8, 4) is 0 Å². The number of benzene rings is 1. The van der Waals surface area contributed by atoms with E-state index in [4.69, 9.17) is 9.47 Å². The van der Waals surface area contributed by atoms with Crippen molar-refractivity contribution in [2.24, 2.45) is 0 Å². The summed E-state index contributed by atoms with van der Waals surface area (Å²) in [5.41, 5.74) is 2.65. The fourth-order valence-corrected chi connectivity index (χ4v) is 2.13. The van der Waals surface area contributed by atoms with Crippen molar-refractivity contribution in [3.05, 3.63) is 29.8 Å². The van der Waals surface area contributed by atoms with Gasteiger partial charge in [0.1, 0.15) is 0 Å². The maximum absolute atomic E-state index is 5.34. The predicted octanol–water partition coefficient (Wildman–Crippen LogP) is 1.60. The second-order valence-electron chi connectivity index (χ2n) is 4.59. The van der Waals surface area contributed by atoms with Crippen molar-refractivity contribution in [1.82, 2.24) is 0 Å². The molecule has 2 saturated heterocycles. The maximum Gasteiger partial charge on any atom is 0.0984 e. The van der Waals surface area contributed by atoms with Crippen molar-refractivity contribution in [2.75, 3.05) is 31.3 Å². The first-order chi connectivity index (χ1) is 7.84. The van der Waals surface area contributed by atoms with Gasteiger partial charge in [-0.05, 0) is 18.6 Å². The van der Waals surface area contributed by atoms with E-state index in [-0.39, 0.29) is 0 Å². The van der Waals surface area contributed by atoms with Gasteiger partial charge in [-0.3, -0.25) is 0 Å². The van der Waals surface area contributed by atoms with Gasteiger partial charge in [-0.15, -0.1) is 0 Å². The SMILES string of the molecule is Cc1ccccc1N(CC1CO1)C1COC1. The standard InChI is InChI=1S/C13H17NO2/c1-10-4-2-3-5-13(10)14(6-12-9-16-12)11-7-15-8-11/h2-5,11-12H,6-9H2,1H3. The summed E-state index contributed by atoms with van der Waals surface area (Å²) in [7, 11) is 0. The highest BCUT2D eigenvalue weighted by atomic mass is 16.6. The zero-order valence-electron chi connectivity index (χ0n) is 9.56. The van der Waals surface area contributed by atoms with Crippen LogP contribution in [-0.4, -0.2) is 38.5 Å².